The first-order valence-electron chi connectivity index (χ1n) is 6.12. The van der Waals surface area contributed by atoms with Gasteiger partial charge in [0.1, 0.15) is 5.54 Å². The predicted octanol–water partition coefficient (Wildman–Crippen LogP) is 2.85. The fourth-order valence-corrected chi connectivity index (χ4v) is 1.87. The zero-order valence-electron chi connectivity index (χ0n) is 12.1. The summed E-state index contributed by atoms with van der Waals surface area (Å²) >= 11 is 0. The monoisotopic (exact) mass is 249 g/mol. The topological polar surface area (TPSA) is 40.5 Å². The number of aliphatic carboxylic acids is 1. The van der Waals surface area contributed by atoms with Crippen LogP contribution >= 0.6 is 0 Å². The first-order valence-corrected chi connectivity index (χ1v) is 6.12. The Balaban J connectivity index is 3.22. The average Bonchev–Trinajstić information content (AvgIpc) is 2.26. The molecule has 1 aromatic carbocycles. The summed E-state index contributed by atoms with van der Waals surface area (Å²) in [6, 6.07) is 7.85. The molecule has 0 aromatic heterocycles. The van der Waals surface area contributed by atoms with Gasteiger partial charge in [0.15, 0.2) is 0 Å². The minimum atomic E-state index is -0.990. The third-order valence-electron chi connectivity index (χ3n) is 3.62. The normalized spacial score (nSPS) is 15.5. The predicted molar refractivity (Wildman–Crippen MR) is 73.8 cm³/mol. The Morgan fingerprint density at radius 2 is 1.39 bits per heavy atom. The van der Waals surface area contributed by atoms with Crippen molar-refractivity contribution in [2.45, 2.75) is 38.6 Å². The molecule has 0 bridgehead atoms. The summed E-state index contributed by atoms with van der Waals surface area (Å²) in [4.78, 5) is 13.2. The van der Waals surface area contributed by atoms with Crippen molar-refractivity contribution in [2.24, 2.45) is 0 Å². The minimum Gasteiger partial charge on any atom is -0.480 e. The van der Waals surface area contributed by atoms with Crippen LogP contribution in [0.2, 0.25) is 0 Å². The summed E-state index contributed by atoms with van der Waals surface area (Å²) in [5.41, 5.74) is 1.10. The number of carbonyl (C=O) groups is 1. The highest BCUT2D eigenvalue weighted by atomic mass is 16.4. The Labute approximate surface area is 109 Å². The molecule has 0 aliphatic carbocycles. The van der Waals surface area contributed by atoms with Crippen LogP contribution in [-0.2, 0) is 15.7 Å². The first kappa shape index (κ1) is 14.7. The standard InChI is InChI=1S/C15H23NO2/c1-14(2,3)11-7-9-12(10-8-11)15(4,13(17)18)16(5)6/h7-10H,1-6H3,(H,17,18). The second kappa shape index (κ2) is 4.73. The molecule has 0 saturated heterocycles. The maximum atomic E-state index is 11.5. The van der Waals surface area contributed by atoms with Crippen LogP contribution in [0.25, 0.3) is 0 Å². The molecule has 1 rings (SSSR count). The summed E-state index contributed by atoms with van der Waals surface area (Å²) in [5.74, 6) is -0.837. The highest BCUT2D eigenvalue weighted by Crippen LogP contribution is 2.29. The molecule has 3 heteroatoms. The lowest BCUT2D eigenvalue weighted by Gasteiger charge is -2.33. The van der Waals surface area contributed by atoms with E-state index in [9.17, 15) is 9.90 Å². The molecule has 1 aromatic rings. The van der Waals surface area contributed by atoms with Crippen LogP contribution in [0.15, 0.2) is 24.3 Å². The van der Waals surface area contributed by atoms with E-state index in [1.54, 1.807) is 25.9 Å². The van der Waals surface area contributed by atoms with Gasteiger partial charge in [-0.2, -0.15) is 0 Å². The molecule has 3 nitrogen and oxygen atoms in total. The molecule has 0 saturated carbocycles. The van der Waals surface area contributed by atoms with E-state index in [2.05, 4.69) is 20.8 Å². The average molecular weight is 249 g/mol. The van der Waals surface area contributed by atoms with Crippen LogP contribution < -0.4 is 0 Å². The highest BCUT2D eigenvalue weighted by molar-refractivity contribution is 5.80. The summed E-state index contributed by atoms with van der Waals surface area (Å²) in [5, 5.41) is 9.44. The van der Waals surface area contributed by atoms with Crippen LogP contribution in [0.1, 0.15) is 38.8 Å². The summed E-state index contributed by atoms with van der Waals surface area (Å²) < 4.78 is 0. The minimum absolute atomic E-state index is 0.0796. The molecule has 0 radical (unpaired) electrons. The Morgan fingerprint density at radius 3 is 1.67 bits per heavy atom. The Hall–Kier alpha value is -1.35. The molecule has 1 unspecified atom stereocenters. The molecule has 0 fully saturated rings. The zero-order chi connectivity index (χ0) is 14.1. The van der Waals surface area contributed by atoms with Gasteiger partial charge in [-0.15, -0.1) is 0 Å². The number of nitrogens with zero attached hydrogens (tertiary/aromatic N) is 1. The van der Waals surface area contributed by atoms with Gasteiger partial charge in [-0.25, -0.2) is 4.79 Å². The van der Waals surface area contributed by atoms with E-state index in [0.29, 0.717) is 0 Å². The third kappa shape index (κ3) is 2.56. The van der Waals surface area contributed by atoms with Crippen LogP contribution in [0.5, 0.6) is 0 Å². The van der Waals surface area contributed by atoms with Gasteiger partial charge in [0.25, 0.3) is 0 Å². The second-order valence-electron chi connectivity index (χ2n) is 6.10. The largest absolute Gasteiger partial charge is 0.480 e. The number of likely N-dealkylation sites (N-methyl/N-ethyl adjacent to an activating group) is 1. The van der Waals surface area contributed by atoms with Gasteiger partial charge in [-0.3, -0.25) is 4.90 Å². The van der Waals surface area contributed by atoms with E-state index in [1.165, 1.54) is 5.56 Å². The second-order valence-corrected chi connectivity index (χ2v) is 6.10. The van der Waals surface area contributed by atoms with Crippen molar-refractivity contribution in [2.75, 3.05) is 14.1 Å². The van der Waals surface area contributed by atoms with Crippen molar-refractivity contribution in [1.29, 1.82) is 0 Å². The Bertz CT molecular complexity index is 429. The van der Waals surface area contributed by atoms with Crippen molar-refractivity contribution < 1.29 is 9.90 Å². The van der Waals surface area contributed by atoms with Crippen molar-refractivity contribution in [1.82, 2.24) is 4.90 Å². The molecule has 18 heavy (non-hydrogen) atoms. The van der Waals surface area contributed by atoms with Gasteiger partial charge in [0.05, 0.1) is 0 Å². The molecule has 0 spiro atoms. The SMILES string of the molecule is CN(C)C(C)(C(=O)O)c1ccc(C(C)(C)C)cc1. The maximum absolute atomic E-state index is 11.5. The zero-order valence-corrected chi connectivity index (χ0v) is 12.1. The van der Waals surface area contributed by atoms with Gasteiger partial charge < -0.3 is 5.11 Å². The van der Waals surface area contributed by atoms with Crippen molar-refractivity contribution in [3.05, 3.63) is 35.4 Å². The van der Waals surface area contributed by atoms with Crippen LogP contribution in [-0.4, -0.2) is 30.1 Å². The lowest BCUT2D eigenvalue weighted by molar-refractivity contribution is -0.149. The molecule has 0 amide bonds. The number of benzene rings is 1. The highest BCUT2D eigenvalue weighted by Gasteiger charge is 2.37. The number of carboxylic acid groups (broad SMARTS) is 1. The fourth-order valence-electron chi connectivity index (χ4n) is 1.87. The molecule has 1 N–H and O–H groups in total. The molecule has 100 valence electrons. The van der Waals surface area contributed by atoms with E-state index < -0.39 is 11.5 Å². The molecule has 0 heterocycles. The Morgan fingerprint density at radius 1 is 1.00 bits per heavy atom. The lowest BCUT2D eigenvalue weighted by Crippen LogP contribution is -2.45. The van der Waals surface area contributed by atoms with Crippen molar-refractivity contribution >= 4 is 5.97 Å². The van der Waals surface area contributed by atoms with Gasteiger partial charge in [-0.05, 0) is 37.6 Å². The van der Waals surface area contributed by atoms with Crippen LogP contribution in [0, 0.1) is 0 Å². The van der Waals surface area contributed by atoms with E-state index in [-0.39, 0.29) is 5.41 Å². The van der Waals surface area contributed by atoms with Gasteiger partial charge in [-0.1, -0.05) is 45.0 Å². The smallest absolute Gasteiger partial charge is 0.328 e. The molecular weight excluding hydrogens is 226 g/mol. The van der Waals surface area contributed by atoms with E-state index in [4.69, 9.17) is 0 Å². The lowest BCUT2D eigenvalue weighted by atomic mass is 9.84. The summed E-state index contributed by atoms with van der Waals surface area (Å²) in [7, 11) is 3.57. The number of carboxylic acids is 1. The number of hydrogen-bond donors (Lipinski definition) is 1. The maximum Gasteiger partial charge on any atom is 0.328 e. The Kier molecular flexibility index (Phi) is 3.86. The van der Waals surface area contributed by atoms with E-state index in [0.717, 1.165) is 5.56 Å². The van der Waals surface area contributed by atoms with Gasteiger partial charge in [0.2, 0.25) is 0 Å². The van der Waals surface area contributed by atoms with Gasteiger partial charge in [0, 0.05) is 0 Å². The quantitative estimate of drug-likeness (QED) is 0.895. The molecule has 0 aliphatic rings. The number of hydrogen-bond acceptors (Lipinski definition) is 2. The summed E-state index contributed by atoms with van der Waals surface area (Å²) in [6.07, 6.45) is 0. The van der Waals surface area contributed by atoms with Gasteiger partial charge >= 0.3 is 5.97 Å². The van der Waals surface area contributed by atoms with E-state index >= 15 is 0 Å². The van der Waals surface area contributed by atoms with Crippen LogP contribution in [0.3, 0.4) is 0 Å². The number of rotatable bonds is 3. The summed E-state index contributed by atoms with van der Waals surface area (Å²) in [6.45, 7) is 8.15. The first-order chi connectivity index (χ1) is 8.10. The molecule has 1 atom stereocenters. The fraction of sp³-hybridized carbons (Fsp3) is 0.533. The van der Waals surface area contributed by atoms with Crippen LogP contribution in [0.4, 0.5) is 0 Å². The third-order valence-corrected chi connectivity index (χ3v) is 3.62. The van der Waals surface area contributed by atoms with E-state index in [1.807, 2.05) is 24.3 Å². The van der Waals surface area contributed by atoms with Crippen molar-refractivity contribution in [3.8, 4) is 0 Å². The molecule has 0 aliphatic heterocycles. The molecular formula is C15H23NO2. The van der Waals surface area contributed by atoms with Crippen molar-refractivity contribution in [3.63, 3.8) is 0 Å².